The first-order valence-corrected chi connectivity index (χ1v) is 7.07. The van der Waals surface area contributed by atoms with Crippen LogP contribution >= 0.6 is 23.4 Å². The maximum absolute atomic E-state index is 5.62. The predicted octanol–water partition coefficient (Wildman–Crippen LogP) is 4.71. The Bertz CT molecular complexity index is 96.1. The van der Waals surface area contributed by atoms with Crippen molar-refractivity contribution in [2.24, 2.45) is 0 Å². The molecular formula is C11H23ClS. The summed E-state index contributed by atoms with van der Waals surface area (Å²) in [5, 5.41) is 0.833. The monoisotopic (exact) mass is 222 g/mol. The van der Waals surface area contributed by atoms with Gasteiger partial charge in [-0.25, -0.2) is 0 Å². The zero-order valence-corrected chi connectivity index (χ0v) is 10.6. The third-order valence-corrected chi connectivity index (χ3v) is 3.74. The lowest BCUT2D eigenvalue weighted by atomic mass is 10.1. The second kappa shape index (κ2) is 10.7. The fraction of sp³-hybridized carbons (Fsp3) is 1.00. The standard InChI is InChI=1S/C11H23ClS/c1-3-4-5-6-8-11(2)13-10-7-9-12/h11H,3-10H2,1-2H3. The zero-order valence-electron chi connectivity index (χ0n) is 9.02. The van der Waals surface area contributed by atoms with Crippen LogP contribution in [0.15, 0.2) is 0 Å². The summed E-state index contributed by atoms with van der Waals surface area (Å²) in [5.74, 6) is 2.05. The molecule has 0 saturated heterocycles. The number of rotatable bonds is 9. The molecule has 0 N–H and O–H groups in total. The second-order valence-electron chi connectivity index (χ2n) is 3.57. The smallest absolute Gasteiger partial charge is 0.0231 e. The Morgan fingerprint density at radius 1 is 1.15 bits per heavy atom. The molecule has 0 amide bonds. The molecule has 0 fully saturated rings. The van der Waals surface area contributed by atoms with Crippen molar-refractivity contribution in [2.75, 3.05) is 11.6 Å². The molecule has 0 rings (SSSR count). The minimum atomic E-state index is 0.815. The fourth-order valence-electron chi connectivity index (χ4n) is 1.28. The molecule has 0 aliphatic heterocycles. The highest BCUT2D eigenvalue weighted by Crippen LogP contribution is 2.18. The largest absolute Gasteiger partial charge is 0.159 e. The van der Waals surface area contributed by atoms with Crippen molar-refractivity contribution in [3.05, 3.63) is 0 Å². The van der Waals surface area contributed by atoms with E-state index >= 15 is 0 Å². The van der Waals surface area contributed by atoms with Crippen molar-refractivity contribution in [3.8, 4) is 0 Å². The number of alkyl halides is 1. The van der Waals surface area contributed by atoms with E-state index in [0.29, 0.717) is 0 Å². The van der Waals surface area contributed by atoms with Gasteiger partial charge in [0.15, 0.2) is 0 Å². The molecular weight excluding hydrogens is 200 g/mol. The molecule has 0 aromatic heterocycles. The van der Waals surface area contributed by atoms with Gasteiger partial charge >= 0.3 is 0 Å². The van der Waals surface area contributed by atoms with Crippen LogP contribution in [0.3, 0.4) is 0 Å². The van der Waals surface area contributed by atoms with E-state index in [1.54, 1.807) is 0 Å². The molecule has 13 heavy (non-hydrogen) atoms. The van der Waals surface area contributed by atoms with Crippen LogP contribution in [-0.4, -0.2) is 16.9 Å². The summed E-state index contributed by atoms with van der Waals surface area (Å²) in [6.45, 7) is 4.60. The van der Waals surface area contributed by atoms with Crippen LogP contribution in [0.2, 0.25) is 0 Å². The Morgan fingerprint density at radius 2 is 1.92 bits per heavy atom. The van der Waals surface area contributed by atoms with E-state index in [4.69, 9.17) is 11.6 Å². The van der Waals surface area contributed by atoms with Gasteiger partial charge in [0.05, 0.1) is 0 Å². The van der Waals surface area contributed by atoms with Gasteiger partial charge in [-0.05, 0) is 18.6 Å². The van der Waals surface area contributed by atoms with E-state index in [1.165, 1.54) is 37.9 Å². The van der Waals surface area contributed by atoms with Crippen molar-refractivity contribution in [1.82, 2.24) is 0 Å². The Hall–Kier alpha value is 0.640. The number of hydrogen-bond donors (Lipinski definition) is 0. The third kappa shape index (κ3) is 10.6. The lowest BCUT2D eigenvalue weighted by molar-refractivity contribution is 0.630. The molecule has 0 aromatic rings. The van der Waals surface area contributed by atoms with Gasteiger partial charge in [-0.1, -0.05) is 39.5 Å². The molecule has 1 unspecified atom stereocenters. The van der Waals surface area contributed by atoms with Crippen molar-refractivity contribution >= 4 is 23.4 Å². The quantitative estimate of drug-likeness (QED) is 0.402. The van der Waals surface area contributed by atoms with Gasteiger partial charge in [0.2, 0.25) is 0 Å². The summed E-state index contributed by atoms with van der Waals surface area (Å²) in [6.07, 6.45) is 8.10. The molecule has 0 aliphatic carbocycles. The van der Waals surface area contributed by atoms with Gasteiger partial charge in [0.25, 0.3) is 0 Å². The summed E-state index contributed by atoms with van der Waals surface area (Å²) >= 11 is 7.69. The maximum Gasteiger partial charge on any atom is 0.0231 e. The van der Waals surface area contributed by atoms with Crippen LogP contribution < -0.4 is 0 Å². The lowest BCUT2D eigenvalue weighted by Crippen LogP contribution is -1.97. The predicted molar refractivity (Wildman–Crippen MR) is 66.0 cm³/mol. The Morgan fingerprint density at radius 3 is 2.54 bits per heavy atom. The van der Waals surface area contributed by atoms with Crippen molar-refractivity contribution in [2.45, 2.75) is 57.6 Å². The molecule has 80 valence electrons. The van der Waals surface area contributed by atoms with Crippen molar-refractivity contribution in [1.29, 1.82) is 0 Å². The highest BCUT2D eigenvalue weighted by Gasteiger charge is 2.01. The highest BCUT2D eigenvalue weighted by molar-refractivity contribution is 7.99. The van der Waals surface area contributed by atoms with E-state index in [2.05, 4.69) is 25.6 Å². The fourth-order valence-corrected chi connectivity index (χ4v) is 2.62. The Labute approximate surface area is 92.8 Å². The van der Waals surface area contributed by atoms with Crippen LogP contribution in [0.4, 0.5) is 0 Å². The summed E-state index contributed by atoms with van der Waals surface area (Å²) in [6, 6.07) is 0. The van der Waals surface area contributed by atoms with Gasteiger partial charge in [-0.2, -0.15) is 11.8 Å². The van der Waals surface area contributed by atoms with Gasteiger partial charge in [0, 0.05) is 11.1 Å². The number of halogens is 1. The molecule has 2 heteroatoms. The zero-order chi connectivity index (χ0) is 9.94. The summed E-state index contributed by atoms with van der Waals surface area (Å²) in [5.41, 5.74) is 0. The maximum atomic E-state index is 5.62. The van der Waals surface area contributed by atoms with E-state index in [0.717, 1.165) is 17.6 Å². The number of hydrogen-bond acceptors (Lipinski definition) is 1. The molecule has 0 aliphatic rings. The van der Waals surface area contributed by atoms with E-state index in [9.17, 15) is 0 Å². The average Bonchev–Trinajstić information content (AvgIpc) is 2.13. The molecule has 0 bridgehead atoms. The molecule has 1 atom stereocenters. The Kier molecular flexibility index (Phi) is 11.2. The minimum absolute atomic E-state index is 0.815. The summed E-state index contributed by atoms with van der Waals surface area (Å²) in [7, 11) is 0. The minimum Gasteiger partial charge on any atom is -0.159 e. The van der Waals surface area contributed by atoms with Gasteiger partial charge in [0.1, 0.15) is 0 Å². The first-order valence-electron chi connectivity index (χ1n) is 5.48. The number of thioether (sulfide) groups is 1. The summed E-state index contributed by atoms with van der Waals surface area (Å²) < 4.78 is 0. The SMILES string of the molecule is CCCCCCC(C)SCCCCl. The van der Waals surface area contributed by atoms with Crippen molar-refractivity contribution in [3.63, 3.8) is 0 Å². The molecule has 0 nitrogen and oxygen atoms in total. The first kappa shape index (κ1) is 13.6. The van der Waals surface area contributed by atoms with Crippen LogP contribution in [0.5, 0.6) is 0 Å². The van der Waals surface area contributed by atoms with E-state index in [1.807, 2.05) is 0 Å². The first-order chi connectivity index (χ1) is 6.31. The van der Waals surface area contributed by atoms with E-state index < -0.39 is 0 Å². The van der Waals surface area contributed by atoms with Crippen LogP contribution in [0.1, 0.15) is 52.4 Å². The normalized spacial score (nSPS) is 13.2. The molecule has 0 aromatic carbocycles. The average molecular weight is 223 g/mol. The third-order valence-electron chi connectivity index (χ3n) is 2.14. The van der Waals surface area contributed by atoms with Crippen LogP contribution in [-0.2, 0) is 0 Å². The van der Waals surface area contributed by atoms with Gasteiger partial charge in [-0.3, -0.25) is 0 Å². The van der Waals surface area contributed by atoms with Gasteiger partial charge < -0.3 is 0 Å². The van der Waals surface area contributed by atoms with Gasteiger partial charge in [-0.15, -0.1) is 11.6 Å². The molecule has 0 saturated carbocycles. The lowest BCUT2D eigenvalue weighted by Gasteiger charge is -2.09. The number of unbranched alkanes of at least 4 members (excludes halogenated alkanes) is 3. The van der Waals surface area contributed by atoms with Crippen molar-refractivity contribution < 1.29 is 0 Å². The second-order valence-corrected chi connectivity index (χ2v) is 5.50. The van der Waals surface area contributed by atoms with Crippen LogP contribution in [0, 0.1) is 0 Å². The molecule has 0 spiro atoms. The molecule has 0 radical (unpaired) electrons. The van der Waals surface area contributed by atoms with Crippen LogP contribution in [0.25, 0.3) is 0 Å². The highest BCUT2D eigenvalue weighted by atomic mass is 35.5. The molecule has 0 heterocycles. The Balaban J connectivity index is 3.05. The van der Waals surface area contributed by atoms with E-state index in [-0.39, 0.29) is 0 Å². The summed E-state index contributed by atoms with van der Waals surface area (Å²) in [4.78, 5) is 0. The topological polar surface area (TPSA) is 0 Å².